The summed E-state index contributed by atoms with van der Waals surface area (Å²) in [6, 6.07) is 10.8. The Morgan fingerprint density at radius 2 is 2.00 bits per heavy atom. The molecule has 104 valence electrons. The molecule has 20 heavy (non-hydrogen) atoms. The van der Waals surface area contributed by atoms with Gasteiger partial charge in [-0.2, -0.15) is 11.3 Å². The van der Waals surface area contributed by atoms with Crippen LogP contribution in [-0.2, 0) is 4.79 Å². The highest BCUT2D eigenvalue weighted by Crippen LogP contribution is 2.29. The molecule has 1 atom stereocenters. The molecular weight excluding hydrogens is 266 g/mol. The summed E-state index contributed by atoms with van der Waals surface area (Å²) < 4.78 is 0. The molecule has 1 aromatic carbocycles. The standard InChI is InChI=1S/C17H19NOS/c1-12(10-18-17(19)15-6-7-15)13-2-4-14(5-3-13)16-8-9-20-11-16/h2-5,8-9,11-12,15H,6-7,10H2,1H3,(H,18,19). The van der Waals surface area contributed by atoms with Crippen LogP contribution in [0.1, 0.15) is 31.2 Å². The van der Waals surface area contributed by atoms with Crippen molar-refractivity contribution in [2.75, 3.05) is 6.54 Å². The van der Waals surface area contributed by atoms with Crippen molar-refractivity contribution < 1.29 is 4.79 Å². The molecular formula is C17H19NOS. The number of carbonyl (C=O) groups is 1. The number of hydrogen-bond donors (Lipinski definition) is 1. The van der Waals surface area contributed by atoms with Crippen molar-refractivity contribution in [2.24, 2.45) is 5.92 Å². The van der Waals surface area contributed by atoms with Crippen LogP contribution in [0.4, 0.5) is 0 Å². The van der Waals surface area contributed by atoms with Gasteiger partial charge in [0.05, 0.1) is 0 Å². The Kier molecular flexibility index (Phi) is 3.88. The van der Waals surface area contributed by atoms with Crippen LogP contribution in [0, 0.1) is 5.92 Å². The predicted octanol–water partition coefficient (Wildman–Crippen LogP) is 4.04. The highest BCUT2D eigenvalue weighted by atomic mass is 32.1. The third kappa shape index (κ3) is 3.10. The zero-order valence-corrected chi connectivity index (χ0v) is 12.5. The van der Waals surface area contributed by atoms with Gasteiger partial charge in [0.1, 0.15) is 0 Å². The normalized spacial score (nSPS) is 15.8. The Bertz CT molecular complexity index is 570. The second kappa shape index (κ2) is 5.80. The monoisotopic (exact) mass is 285 g/mol. The van der Waals surface area contributed by atoms with Gasteiger partial charge in [0.15, 0.2) is 0 Å². The molecule has 1 unspecified atom stereocenters. The van der Waals surface area contributed by atoms with Crippen LogP contribution < -0.4 is 5.32 Å². The summed E-state index contributed by atoms with van der Waals surface area (Å²) in [4.78, 5) is 11.6. The van der Waals surface area contributed by atoms with E-state index in [2.05, 4.69) is 53.3 Å². The quantitative estimate of drug-likeness (QED) is 0.882. The van der Waals surface area contributed by atoms with Gasteiger partial charge < -0.3 is 5.32 Å². The van der Waals surface area contributed by atoms with E-state index in [1.807, 2.05) is 0 Å². The molecule has 1 amide bonds. The third-order valence-corrected chi connectivity index (χ3v) is 4.55. The first-order valence-corrected chi connectivity index (χ1v) is 8.08. The smallest absolute Gasteiger partial charge is 0.223 e. The van der Waals surface area contributed by atoms with Crippen molar-refractivity contribution in [1.29, 1.82) is 0 Å². The number of nitrogens with one attached hydrogen (secondary N) is 1. The predicted molar refractivity (Wildman–Crippen MR) is 83.9 cm³/mol. The average Bonchev–Trinajstić information content (AvgIpc) is 3.19. The third-order valence-electron chi connectivity index (χ3n) is 3.86. The largest absolute Gasteiger partial charge is 0.355 e. The van der Waals surface area contributed by atoms with Gasteiger partial charge >= 0.3 is 0 Å². The number of hydrogen-bond acceptors (Lipinski definition) is 2. The summed E-state index contributed by atoms with van der Waals surface area (Å²) in [6.07, 6.45) is 2.13. The molecule has 0 bridgehead atoms. The van der Waals surface area contributed by atoms with Crippen molar-refractivity contribution in [3.05, 3.63) is 46.7 Å². The van der Waals surface area contributed by atoms with Crippen molar-refractivity contribution in [1.82, 2.24) is 5.32 Å². The lowest BCUT2D eigenvalue weighted by Crippen LogP contribution is -2.28. The Balaban J connectivity index is 1.60. The summed E-state index contributed by atoms with van der Waals surface area (Å²) in [6.45, 7) is 2.89. The fraction of sp³-hybridized carbons (Fsp3) is 0.353. The summed E-state index contributed by atoms with van der Waals surface area (Å²) in [7, 11) is 0. The SMILES string of the molecule is CC(CNC(=O)C1CC1)c1ccc(-c2ccsc2)cc1. The maximum atomic E-state index is 11.6. The molecule has 0 spiro atoms. The van der Waals surface area contributed by atoms with E-state index in [9.17, 15) is 4.79 Å². The summed E-state index contributed by atoms with van der Waals surface area (Å²) in [5.41, 5.74) is 3.81. The summed E-state index contributed by atoms with van der Waals surface area (Å²) in [5, 5.41) is 7.31. The van der Waals surface area contributed by atoms with E-state index in [0.29, 0.717) is 11.8 Å². The Labute approximate surface area is 123 Å². The number of benzene rings is 1. The average molecular weight is 285 g/mol. The number of thiophene rings is 1. The van der Waals surface area contributed by atoms with E-state index < -0.39 is 0 Å². The second-order valence-electron chi connectivity index (χ2n) is 5.55. The number of amides is 1. The van der Waals surface area contributed by atoms with Gasteiger partial charge in [-0.1, -0.05) is 31.2 Å². The van der Waals surface area contributed by atoms with E-state index in [0.717, 1.165) is 19.4 Å². The Hall–Kier alpha value is -1.61. The van der Waals surface area contributed by atoms with Crippen LogP contribution in [-0.4, -0.2) is 12.5 Å². The lowest BCUT2D eigenvalue weighted by Gasteiger charge is -2.13. The molecule has 1 heterocycles. The lowest BCUT2D eigenvalue weighted by atomic mass is 9.98. The van der Waals surface area contributed by atoms with Gasteiger partial charge in [0.25, 0.3) is 0 Å². The van der Waals surface area contributed by atoms with E-state index >= 15 is 0 Å². The molecule has 1 N–H and O–H groups in total. The zero-order valence-electron chi connectivity index (χ0n) is 11.6. The van der Waals surface area contributed by atoms with E-state index in [-0.39, 0.29) is 5.91 Å². The van der Waals surface area contributed by atoms with Gasteiger partial charge in [-0.3, -0.25) is 4.79 Å². The van der Waals surface area contributed by atoms with Crippen molar-refractivity contribution in [3.8, 4) is 11.1 Å². The fourth-order valence-electron chi connectivity index (χ4n) is 2.29. The minimum Gasteiger partial charge on any atom is -0.355 e. The van der Waals surface area contributed by atoms with Gasteiger partial charge in [0, 0.05) is 12.5 Å². The van der Waals surface area contributed by atoms with E-state index in [1.54, 1.807) is 11.3 Å². The van der Waals surface area contributed by atoms with Crippen LogP contribution in [0.3, 0.4) is 0 Å². The van der Waals surface area contributed by atoms with Crippen LogP contribution in [0.15, 0.2) is 41.1 Å². The van der Waals surface area contributed by atoms with Crippen LogP contribution in [0.5, 0.6) is 0 Å². The van der Waals surface area contributed by atoms with Crippen molar-refractivity contribution in [2.45, 2.75) is 25.7 Å². The molecule has 0 aliphatic heterocycles. The first-order valence-electron chi connectivity index (χ1n) is 7.14. The highest BCUT2D eigenvalue weighted by molar-refractivity contribution is 7.08. The second-order valence-corrected chi connectivity index (χ2v) is 6.33. The Morgan fingerprint density at radius 3 is 2.60 bits per heavy atom. The molecule has 0 radical (unpaired) electrons. The molecule has 1 aliphatic rings. The lowest BCUT2D eigenvalue weighted by molar-refractivity contribution is -0.122. The molecule has 1 aliphatic carbocycles. The van der Waals surface area contributed by atoms with Gasteiger partial charge in [-0.25, -0.2) is 0 Å². The molecule has 2 aromatic rings. The van der Waals surface area contributed by atoms with E-state index in [1.165, 1.54) is 16.7 Å². The molecule has 3 rings (SSSR count). The maximum absolute atomic E-state index is 11.6. The molecule has 1 fully saturated rings. The maximum Gasteiger partial charge on any atom is 0.223 e. The minimum atomic E-state index is 0.228. The van der Waals surface area contributed by atoms with Gasteiger partial charge in [-0.15, -0.1) is 0 Å². The van der Waals surface area contributed by atoms with Crippen molar-refractivity contribution in [3.63, 3.8) is 0 Å². The molecule has 0 saturated heterocycles. The molecule has 1 aromatic heterocycles. The van der Waals surface area contributed by atoms with Gasteiger partial charge in [0.2, 0.25) is 5.91 Å². The summed E-state index contributed by atoms with van der Waals surface area (Å²) in [5.74, 6) is 0.879. The summed E-state index contributed by atoms with van der Waals surface area (Å²) >= 11 is 1.72. The minimum absolute atomic E-state index is 0.228. The first-order chi connectivity index (χ1) is 9.74. The Morgan fingerprint density at radius 1 is 1.25 bits per heavy atom. The molecule has 1 saturated carbocycles. The van der Waals surface area contributed by atoms with Crippen LogP contribution in [0.2, 0.25) is 0 Å². The number of rotatable bonds is 5. The fourth-order valence-corrected chi connectivity index (χ4v) is 2.96. The topological polar surface area (TPSA) is 29.1 Å². The van der Waals surface area contributed by atoms with E-state index in [4.69, 9.17) is 0 Å². The van der Waals surface area contributed by atoms with Gasteiger partial charge in [-0.05, 0) is 52.3 Å². The zero-order chi connectivity index (χ0) is 13.9. The van der Waals surface area contributed by atoms with Crippen LogP contribution >= 0.6 is 11.3 Å². The molecule has 3 heteroatoms. The molecule has 2 nitrogen and oxygen atoms in total. The number of carbonyl (C=O) groups excluding carboxylic acids is 1. The van der Waals surface area contributed by atoms with Crippen LogP contribution in [0.25, 0.3) is 11.1 Å². The van der Waals surface area contributed by atoms with Crippen molar-refractivity contribution >= 4 is 17.2 Å². The first kappa shape index (κ1) is 13.4. The highest BCUT2D eigenvalue weighted by Gasteiger charge is 2.29.